The fraction of sp³-hybridized carbons (Fsp3) is 0.500. The molecule has 19 heavy (non-hydrogen) atoms. The SMILES string of the molecule is CC(C(=O)NCC1(O)CCSC1)c1ccccc1F. The molecule has 1 fully saturated rings. The minimum atomic E-state index is -0.810. The Morgan fingerprint density at radius 3 is 2.95 bits per heavy atom. The summed E-state index contributed by atoms with van der Waals surface area (Å²) in [4.78, 5) is 12.0. The molecule has 0 aromatic heterocycles. The highest BCUT2D eigenvalue weighted by molar-refractivity contribution is 7.99. The zero-order valence-corrected chi connectivity index (χ0v) is 11.7. The molecule has 1 saturated heterocycles. The summed E-state index contributed by atoms with van der Waals surface area (Å²) in [5, 5.41) is 12.9. The molecule has 5 heteroatoms. The van der Waals surface area contributed by atoms with Crippen LogP contribution in [-0.2, 0) is 4.79 Å². The van der Waals surface area contributed by atoms with E-state index in [1.54, 1.807) is 36.9 Å². The Bertz CT molecular complexity index is 461. The Hall–Kier alpha value is -1.07. The standard InChI is InChI=1S/C14H18FNO2S/c1-10(11-4-2-3-5-12(11)15)13(17)16-8-14(18)6-7-19-9-14/h2-5,10,18H,6-9H2,1H3,(H,16,17). The third-order valence-corrected chi connectivity index (χ3v) is 4.67. The van der Waals surface area contributed by atoms with E-state index < -0.39 is 11.5 Å². The van der Waals surface area contributed by atoms with Gasteiger partial charge < -0.3 is 10.4 Å². The monoisotopic (exact) mass is 283 g/mol. The number of benzene rings is 1. The van der Waals surface area contributed by atoms with Crippen LogP contribution in [0, 0.1) is 5.82 Å². The van der Waals surface area contributed by atoms with E-state index in [1.165, 1.54) is 6.07 Å². The zero-order chi connectivity index (χ0) is 13.9. The first-order valence-corrected chi connectivity index (χ1v) is 7.50. The van der Waals surface area contributed by atoms with Crippen LogP contribution in [0.15, 0.2) is 24.3 Å². The number of carbonyl (C=O) groups is 1. The lowest BCUT2D eigenvalue weighted by Crippen LogP contribution is -2.44. The van der Waals surface area contributed by atoms with Gasteiger partial charge in [-0.15, -0.1) is 0 Å². The molecule has 0 bridgehead atoms. The van der Waals surface area contributed by atoms with Crippen LogP contribution in [0.5, 0.6) is 0 Å². The minimum Gasteiger partial charge on any atom is -0.387 e. The Labute approximate surface area is 116 Å². The molecule has 0 aliphatic carbocycles. The Kier molecular flexibility index (Phi) is 4.47. The summed E-state index contributed by atoms with van der Waals surface area (Å²) >= 11 is 1.68. The van der Waals surface area contributed by atoms with E-state index in [-0.39, 0.29) is 18.3 Å². The van der Waals surface area contributed by atoms with Gasteiger partial charge in [0.25, 0.3) is 0 Å². The van der Waals surface area contributed by atoms with Crippen molar-refractivity contribution in [3.8, 4) is 0 Å². The van der Waals surface area contributed by atoms with E-state index in [9.17, 15) is 14.3 Å². The number of carbonyl (C=O) groups excluding carboxylic acids is 1. The molecule has 2 atom stereocenters. The number of nitrogens with one attached hydrogen (secondary N) is 1. The summed E-state index contributed by atoms with van der Waals surface area (Å²) in [5.41, 5.74) is -0.428. The van der Waals surface area contributed by atoms with Gasteiger partial charge in [-0.1, -0.05) is 18.2 Å². The maximum Gasteiger partial charge on any atom is 0.227 e. The average molecular weight is 283 g/mol. The average Bonchev–Trinajstić information content (AvgIpc) is 2.83. The van der Waals surface area contributed by atoms with Gasteiger partial charge in [-0.3, -0.25) is 4.79 Å². The summed E-state index contributed by atoms with van der Waals surface area (Å²) in [7, 11) is 0. The molecule has 1 aromatic carbocycles. The van der Waals surface area contributed by atoms with Gasteiger partial charge in [-0.05, 0) is 30.7 Å². The second-order valence-electron chi connectivity index (χ2n) is 4.99. The molecular weight excluding hydrogens is 265 g/mol. The van der Waals surface area contributed by atoms with Gasteiger partial charge in [0, 0.05) is 12.3 Å². The fourth-order valence-electron chi connectivity index (χ4n) is 2.11. The third-order valence-electron chi connectivity index (χ3n) is 3.44. The van der Waals surface area contributed by atoms with Crippen LogP contribution in [0.1, 0.15) is 24.8 Å². The van der Waals surface area contributed by atoms with Gasteiger partial charge in [0.05, 0.1) is 11.5 Å². The highest BCUT2D eigenvalue weighted by Crippen LogP contribution is 2.27. The quantitative estimate of drug-likeness (QED) is 0.887. The number of amides is 1. The lowest BCUT2D eigenvalue weighted by molar-refractivity contribution is -0.123. The second kappa shape index (κ2) is 5.92. The number of hydrogen-bond acceptors (Lipinski definition) is 3. The number of aliphatic hydroxyl groups is 1. The van der Waals surface area contributed by atoms with Crippen LogP contribution < -0.4 is 5.32 Å². The Morgan fingerprint density at radius 2 is 2.32 bits per heavy atom. The molecule has 1 aliphatic rings. The third kappa shape index (κ3) is 3.48. The number of halogens is 1. The van der Waals surface area contributed by atoms with Crippen LogP contribution in [0.2, 0.25) is 0 Å². The zero-order valence-electron chi connectivity index (χ0n) is 10.9. The molecule has 1 aliphatic heterocycles. The first-order valence-electron chi connectivity index (χ1n) is 6.34. The van der Waals surface area contributed by atoms with Crippen LogP contribution in [0.3, 0.4) is 0 Å². The predicted octanol–water partition coefficient (Wildman–Crippen LogP) is 1.91. The molecular formula is C14H18FNO2S. The van der Waals surface area contributed by atoms with Gasteiger partial charge in [-0.25, -0.2) is 4.39 Å². The van der Waals surface area contributed by atoms with Crippen molar-refractivity contribution in [1.82, 2.24) is 5.32 Å². The summed E-state index contributed by atoms with van der Waals surface area (Å²) in [6.45, 7) is 1.90. The van der Waals surface area contributed by atoms with Crippen molar-refractivity contribution in [2.75, 3.05) is 18.1 Å². The molecule has 0 radical (unpaired) electrons. The molecule has 1 heterocycles. The maximum atomic E-state index is 13.6. The summed E-state index contributed by atoms with van der Waals surface area (Å²) in [5.74, 6) is 0.367. The van der Waals surface area contributed by atoms with Crippen molar-refractivity contribution in [2.24, 2.45) is 0 Å². The lowest BCUT2D eigenvalue weighted by Gasteiger charge is -2.23. The Morgan fingerprint density at radius 1 is 1.58 bits per heavy atom. The van der Waals surface area contributed by atoms with Gasteiger partial charge in [0.15, 0.2) is 0 Å². The molecule has 0 saturated carbocycles. The Balaban J connectivity index is 1.94. The van der Waals surface area contributed by atoms with Crippen LogP contribution in [0.25, 0.3) is 0 Å². The number of thioether (sulfide) groups is 1. The van der Waals surface area contributed by atoms with Gasteiger partial charge >= 0.3 is 0 Å². The lowest BCUT2D eigenvalue weighted by atomic mass is 9.98. The molecule has 3 nitrogen and oxygen atoms in total. The molecule has 104 valence electrons. The van der Waals surface area contributed by atoms with Crippen LogP contribution in [-0.4, -0.2) is 34.7 Å². The van der Waals surface area contributed by atoms with E-state index in [2.05, 4.69) is 5.32 Å². The number of rotatable bonds is 4. The topological polar surface area (TPSA) is 49.3 Å². The van der Waals surface area contributed by atoms with Crippen LogP contribution in [0.4, 0.5) is 4.39 Å². The van der Waals surface area contributed by atoms with Crippen LogP contribution >= 0.6 is 11.8 Å². The largest absolute Gasteiger partial charge is 0.387 e. The van der Waals surface area contributed by atoms with Crippen molar-refractivity contribution >= 4 is 17.7 Å². The van der Waals surface area contributed by atoms with Crippen molar-refractivity contribution in [1.29, 1.82) is 0 Å². The second-order valence-corrected chi connectivity index (χ2v) is 6.09. The highest BCUT2D eigenvalue weighted by Gasteiger charge is 2.32. The van der Waals surface area contributed by atoms with Gasteiger partial charge in [-0.2, -0.15) is 11.8 Å². The summed E-state index contributed by atoms with van der Waals surface area (Å²) in [6, 6.07) is 6.27. The van der Waals surface area contributed by atoms with E-state index in [4.69, 9.17) is 0 Å². The van der Waals surface area contributed by atoms with Gasteiger partial charge in [0.2, 0.25) is 5.91 Å². The smallest absolute Gasteiger partial charge is 0.227 e. The molecule has 0 spiro atoms. The molecule has 1 aromatic rings. The predicted molar refractivity (Wildman–Crippen MR) is 74.7 cm³/mol. The minimum absolute atomic E-state index is 0.234. The molecule has 2 rings (SSSR count). The van der Waals surface area contributed by atoms with E-state index >= 15 is 0 Å². The first kappa shape index (κ1) is 14.3. The summed E-state index contributed by atoms with van der Waals surface area (Å²) < 4.78 is 13.6. The normalized spacial score (nSPS) is 24.2. The first-order chi connectivity index (χ1) is 9.02. The maximum absolute atomic E-state index is 13.6. The molecule has 1 amide bonds. The van der Waals surface area contributed by atoms with E-state index in [1.807, 2.05) is 0 Å². The van der Waals surface area contributed by atoms with E-state index in [0.29, 0.717) is 17.7 Å². The summed E-state index contributed by atoms with van der Waals surface area (Å²) in [6.07, 6.45) is 0.687. The number of hydrogen-bond donors (Lipinski definition) is 2. The van der Waals surface area contributed by atoms with Crippen molar-refractivity contribution in [2.45, 2.75) is 24.9 Å². The van der Waals surface area contributed by atoms with E-state index in [0.717, 1.165) is 5.75 Å². The molecule has 2 N–H and O–H groups in total. The molecule has 2 unspecified atom stereocenters. The van der Waals surface area contributed by atoms with Crippen molar-refractivity contribution < 1.29 is 14.3 Å². The van der Waals surface area contributed by atoms with Gasteiger partial charge in [0.1, 0.15) is 5.82 Å². The highest BCUT2D eigenvalue weighted by atomic mass is 32.2. The van der Waals surface area contributed by atoms with Crippen molar-refractivity contribution in [3.63, 3.8) is 0 Å². The fourth-order valence-corrected chi connectivity index (χ4v) is 3.40. The van der Waals surface area contributed by atoms with Crippen molar-refractivity contribution in [3.05, 3.63) is 35.6 Å².